The number of hydrogen-bond acceptors (Lipinski definition) is 4. The van der Waals surface area contributed by atoms with Crippen molar-refractivity contribution in [2.24, 2.45) is 0 Å². The fraction of sp³-hybridized carbons (Fsp3) is 0. The second-order valence-corrected chi connectivity index (χ2v) is 12.6. The van der Waals surface area contributed by atoms with Crippen molar-refractivity contribution in [3.05, 3.63) is 175 Å². The average molecular weight is 668 g/mol. The van der Waals surface area contributed by atoms with Crippen molar-refractivity contribution < 1.29 is 4.11 Å². The first-order chi connectivity index (χ1) is 27.0. The van der Waals surface area contributed by atoms with E-state index in [1.54, 1.807) is 0 Å². The molecule has 6 heteroatoms. The zero-order valence-electron chi connectivity index (χ0n) is 30.6. The lowest BCUT2D eigenvalue weighted by Crippen LogP contribution is -2.02. The molecule has 0 radical (unpaired) electrons. The minimum Gasteiger partial charge on any atom is -0.309 e. The first-order valence-electron chi connectivity index (χ1n) is 18.4. The Kier molecular flexibility index (Phi) is 6.07. The molecular weight excluding hydrogens is 637 g/mol. The molecule has 3 heterocycles. The van der Waals surface area contributed by atoms with Gasteiger partial charge in [-0.1, -0.05) is 115 Å². The molecule has 0 atom stereocenters. The third-order valence-electron chi connectivity index (χ3n) is 9.53. The van der Waals surface area contributed by atoms with Gasteiger partial charge in [0.15, 0.2) is 17.5 Å². The number of benzene rings is 7. The van der Waals surface area contributed by atoms with E-state index in [9.17, 15) is 9.37 Å². The normalized spacial score (nSPS) is 12.2. The van der Waals surface area contributed by atoms with Crippen LogP contribution < -0.4 is 0 Å². The Hall–Kier alpha value is -7.36. The molecule has 0 amide bonds. The summed E-state index contributed by atoms with van der Waals surface area (Å²) in [5, 5.41) is 14.9. The molecule has 0 N–H and O–H groups in total. The van der Waals surface area contributed by atoms with Gasteiger partial charge in [0.25, 0.3) is 0 Å². The Labute approximate surface area is 303 Å². The van der Waals surface area contributed by atoms with Gasteiger partial charge in [0.05, 0.1) is 37.4 Å². The van der Waals surface area contributed by atoms with E-state index in [2.05, 4.69) is 47.0 Å². The van der Waals surface area contributed by atoms with Crippen LogP contribution in [0.25, 0.3) is 89.2 Å². The molecule has 52 heavy (non-hydrogen) atoms. The van der Waals surface area contributed by atoms with Gasteiger partial charge in [0.1, 0.15) is 6.07 Å². The van der Waals surface area contributed by atoms with Crippen LogP contribution in [0.1, 0.15) is 9.68 Å². The maximum absolute atomic E-state index is 10.9. The van der Waals surface area contributed by atoms with Gasteiger partial charge < -0.3 is 9.13 Å². The zero-order valence-corrected chi connectivity index (χ0v) is 27.6. The Bertz CT molecular complexity index is 3130. The Morgan fingerprint density at radius 2 is 0.942 bits per heavy atom. The number of aromatic nitrogens is 5. The van der Waals surface area contributed by atoms with Crippen molar-refractivity contribution in [2.75, 3.05) is 0 Å². The van der Waals surface area contributed by atoms with Crippen LogP contribution >= 0.6 is 0 Å². The van der Waals surface area contributed by atoms with E-state index in [-0.39, 0.29) is 40.8 Å². The van der Waals surface area contributed by atoms with Gasteiger partial charge in [0.2, 0.25) is 0 Å². The minimum atomic E-state index is -0.256. The van der Waals surface area contributed by atoms with Gasteiger partial charge in [-0.05, 0) is 54.5 Å². The topological polar surface area (TPSA) is 72.3 Å². The summed E-state index contributed by atoms with van der Waals surface area (Å²) in [6, 6.07) is 51.1. The van der Waals surface area contributed by atoms with Gasteiger partial charge in [0, 0.05) is 43.9 Å². The quantitative estimate of drug-likeness (QED) is 0.183. The highest BCUT2D eigenvalue weighted by atomic mass is 15.0. The molecule has 0 aliphatic carbocycles. The lowest BCUT2D eigenvalue weighted by atomic mass is 10.1. The molecule has 0 unspecified atom stereocenters. The third-order valence-corrected chi connectivity index (χ3v) is 9.53. The van der Waals surface area contributed by atoms with Gasteiger partial charge >= 0.3 is 0 Å². The van der Waals surface area contributed by atoms with E-state index in [1.165, 1.54) is 0 Å². The van der Waals surface area contributed by atoms with Crippen molar-refractivity contribution in [1.29, 1.82) is 5.26 Å². The van der Waals surface area contributed by atoms with Gasteiger partial charge in [-0.15, -0.1) is 0 Å². The van der Waals surface area contributed by atoms with E-state index < -0.39 is 0 Å². The summed E-state index contributed by atoms with van der Waals surface area (Å²) < 4.78 is 32.7. The Morgan fingerprint density at radius 1 is 0.462 bits per heavy atom. The molecule has 242 valence electrons. The SMILES string of the molecule is [2H]c1c([2H])c(-n2c3ccccc3c3cc4c5ccccc5n(-c5ccccc5)c4cc32)c(C#N)c([2H])c1-c1nc(-c2ccccc2)nc(-c2ccccc2)n1. The summed E-state index contributed by atoms with van der Waals surface area (Å²) in [6.45, 7) is 0. The van der Waals surface area contributed by atoms with Crippen LogP contribution in [0.15, 0.2) is 170 Å². The molecule has 0 saturated heterocycles. The number of rotatable bonds is 5. The third kappa shape index (κ3) is 4.68. The lowest BCUT2D eigenvalue weighted by Gasteiger charge is -2.13. The van der Waals surface area contributed by atoms with Crippen LogP contribution in [0.4, 0.5) is 0 Å². The predicted octanol–water partition coefficient (Wildman–Crippen LogP) is 10.9. The summed E-state index contributed by atoms with van der Waals surface area (Å²) in [7, 11) is 0. The standard InChI is InChI=1S/C46H28N6/c47-29-33-26-32(46-49-44(30-14-4-1-5-15-30)48-45(50-46)31-16-6-2-7-17-31)24-25-39(33)52-41-23-13-11-21-36(41)38-27-37-35-20-10-12-22-40(35)51(42(37)28-43(38)52)34-18-8-3-9-19-34/h1-28H/i24D,25D,26D. The van der Waals surface area contributed by atoms with E-state index >= 15 is 0 Å². The molecule has 0 spiro atoms. The van der Waals surface area contributed by atoms with Crippen LogP contribution in [0.3, 0.4) is 0 Å². The summed E-state index contributed by atoms with van der Waals surface area (Å²) in [5.74, 6) is 0.769. The molecule has 10 rings (SSSR count). The van der Waals surface area contributed by atoms with Crippen LogP contribution in [0.2, 0.25) is 0 Å². The highest BCUT2D eigenvalue weighted by molar-refractivity contribution is 6.19. The Morgan fingerprint density at radius 3 is 1.52 bits per heavy atom. The van der Waals surface area contributed by atoms with Crippen molar-refractivity contribution in [3.8, 4) is 51.6 Å². The molecule has 0 fully saturated rings. The monoisotopic (exact) mass is 667 g/mol. The molecule has 0 saturated carbocycles. The lowest BCUT2D eigenvalue weighted by molar-refractivity contribution is 1.07. The molecule has 7 aromatic carbocycles. The van der Waals surface area contributed by atoms with E-state index in [0.717, 1.165) is 60.4 Å². The summed E-state index contributed by atoms with van der Waals surface area (Å²) >= 11 is 0. The smallest absolute Gasteiger partial charge is 0.164 e. The summed E-state index contributed by atoms with van der Waals surface area (Å²) in [4.78, 5) is 14.3. The van der Waals surface area contributed by atoms with Crippen molar-refractivity contribution in [2.45, 2.75) is 0 Å². The highest BCUT2D eigenvalue weighted by Gasteiger charge is 2.20. The second kappa shape index (κ2) is 11.9. The largest absolute Gasteiger partial charge is 0.309 e. The Balaban J connectivity index is 1.28. The first-order valence-corrected chi connectivity index (χ1v) is 16.9. The molecule has 0 aliphatic heterocycles. The summed E-state index contributed by atoms with van der Waals surface area (Å²) in [6.07, 6.45) is 0. The van der Waals surface area contributed by atoms with Crippen LogP contribution in [-0.2, 0) is 0 Å². The zero-order chi connectivity index (χ0) is 37.2. The molecule has 3 aromatic heterocycles. The first kappa shape index (κ1) is 26.5. The number of nitriles is 1. The molecule has 0 aliphatic rings. The molecule has 10 aromatic rings. The second-order valence-electron chi connectivity index (χ2n) is 12.6. The van der Waals surface area contributed by atoms with Gasteiger partial charge in [-0.3, -0.25) is 0 Å². The highest BCUT2D eigenvalue weighted by Crippen LogP contribution is 2.40. The fourth-order valence-corrected chi connectivity index (χ4v) is 7.21. The average Bonchev–Trinajstić information content (AvgIpc) is 3.74. The molecule has 0 bridgehead atoms. The predicted molar refractivity (Wildman–Crippen MR) is 210 cm³/mol. The maximum atomic E-state index is 10.9. The molecule has 6 nitrogen and oxygen atoms in total. The number of nitrogens with zero attached hydrogens (tertiary/aromatic N) is 6. The summed E-state index contributed by atoms with van der Waals surface area (Å²) in [5.41, 5.74) is 6.09. The van der Waals surface area contributed by atoms with E-state index in [4.69, 9.17) is 15.0 Å². The van der Waals surface area contributed by atoms with Crippen LogP contribution in [0, 0.1) is 11.3 Å². The van der Waals surface area contributed by atoms with Crippen molar-refractivity contribution in [1.82, 2.24) is 24.1 Å². The number of hydrogen-bond donors (Lipinski definition) is 0. The maximum Gasteiger partial charge on any atom is 0.164 e. The van der Waals surface area contributed by atoms with Crippen molar-refractivity contribution in [3.63, 3.8) is 0 Å². The van der Waals surface area contributed by atoms with Crippen LogP contribution in [0.5, 0.6) is 0 Å². The molecular formula is C46H28N6. The fourth-order valence-electron chi connectivity index (χ4n) is 7.21. The van der Waals surface area contributed by atoms with E-state index in [1.807, 2.05) is 120 Å². The van der Waals surface area contributed by atoms with Crippen LogP contribution in [-0.4, -0.2) is 24.1 Å². The van der Waals surface area contributed by atoms with Crippen molar-refractivity contribution >= 4 is 43.6 Å². The number of para-hydroxylation sites is 3. The van der Waals surface area contributed by atoms with Gasteiger partial charge in [-0.2, -0.15) is 5.26 Å². The van der Waals surface area contributed by atoms with E-state index in [0.29, 0.717) is 11.6 Å². The minimum absolute atomic E-state index is 0.00516. The number of fused-ring (bicyclic) bond motifs is 6. The van der Waals surface area contributed by atoms with Gasteiger partial charge in [-0.25, -0.2) is 15.0 Å².